The van der Waals surface area contributed by atoms with E-state index in [0.717, 1.165) is 41.1 Å². The van der Waals surface area contributed by atoms with E-state index in [1.165, 1.54) is 15.9 Å². The molecule has 0 aliphatic carbocycles. The van der Waals surface area contributed by atoms with Crippen molar-refractivity contribution < 1.29 is 13.2 Å². The predicted molar refractivity (Wildman–Crippen MR) is 156 cm³/mol. The molecule has 7 heterocycles. The van der Waals surface area contributed by atoms with Crippen molar-refractivity contribution in [1.29, 1.82) is 0 Å². The lowest BCUT2D eigenvalue weighted by molar-refractivity contribution is 0.0556. The highest BCUT2D eigenvalue weighted by Gasteiger charge is 2.46. The lowest BCUT2D eigenvalue weighted by atomic mass is 9.87. The summed E-state index contributed by atoms with van der Waals surface area (Å²) in [6.07, 6.45) is 7.26. The molecule has 0 saturated carbocycles. The molecule has 0 radical (unpaired) electrons. The van der Waals surface area contributed by atoms with Crippen molar-refractivity contribution in [1.82, 2.24) is 44.6 Å². The van der Waals surface area contributed by atoms with Gasteiger partial charge in [0.25, 0.3) is 5.91 Å². The quantitative estimate of drug-likeness (QED) is 0.303. The van der Waals surface area contributed by atoms with Crippen LogP contribution in [0.4, 0.5) is 5.82 Å². The topological polar surface area (TPSA) is 178 Å². The number of H-pyrrole nitrogens is 1. The molecule has 216 valence electrons. The molecule has 42 heavy (non-hydrogen) atoms. The lowest BCUT2D eigenvalue weighted by Gasteiger charge is -2.38. The van der Waals surface area contributed by atoms with Crippen molar-refractivity contribution in [2.45, 2.75) is 62.4 Å². The van der Waals surface area contributed by atoms with E-state index < -0.39 is 9.84 Å². The van der Waals surface area contributed by atoms with Gasteiger partial charge in [-0.2, -0.15) is 9.61 Å². The van der Waals surface area contributed by atoms with Crippen LogP contribution in [0.3, 0.4) is 0 Å². The summed E-state index contributed by atoms with van der Waals surface area (Å²) in [7, 11) is -3.75. The van der Waals surface area contributed by atoms with Crippen LogP contribution in [0.1, 0.15) is 59.4 Å². The number of nitrogens with two attached hydrogens (primary N) is 1. The van der Waals surface area contributed by atoms with Crippen LogP contribution in [0.5, 0.6) is 0 Å². The number of aryl methyl sites for hydroxylation is 2. The zero-order valence-corrected chi connectivity index (χ0v) is 24.8. The van der Waals surface area contributed by atoms with Crippen molar-refractivity contribution in [3.05, 3.63) is 52.9 Å². The molecular formula is C27H28N10O3S2. The van der Waals surface area contributed by atoms with Gasteiger partial charge >= 0.3 is 0 Å². The van der Waals surface area contributed by atoms with Gasteiger partial charge < -0.3 is 10.6 Å². The van der Waals surface area contributed by atoms with Crippen LogP contribution in [0.2, 0.25) is 0 Å². The maximum Gasteiger partial charge on any atom is 0.294 e. The molecule has 0 aromatic carbocycles. The van der Waals surface area contributed by atoms with Crippen LogP contribution in [0, 0.1) is 13.8 Å². The summed E-state index contributed by atoms with van der Waals surface area (Å²) in [4.78, 5) is 33.4. The van der Waals surface area contributed by atoms with Gasteiger partial charge in [0.05, 0.1) is 17.6 Å². The number of aromatic nitrogens is 8. The highest BCUT2D eigenvalue weighted by Crippen LogP contribution is 2.45. The zero-order valence-electron chi connectivity index (χ0n) is 23.1. The van der Waals surface area contributed by atoms with Crippen molar-refractivity contribution in [2.75, 3.05) is 12.0 Å². The molecular weight excluding hydrogens is 576 g/mol. The summed E-state index contributed by atoms with van der Waals surface area (Å²) in [6, 6.07) is 3.66. The Kier molecular flexibility index (Phi) is 6.13. The van der Waals surface area contributed by atoms with Crippen LogP contribution in [-0.2, 0) is 9.84 Å². The fourth-order valence-electron chi connectivity index (χ4n) is 6.32. The number of amides is 1. The number of thiazole rings is 1. The first-order valence-corrected chi connectivity index (χ1v) is 16.3. The summed E-state index contributed by atoms with van der Waals surface area (Å²) < 4.78 is 27.6. The maximum absolute atomic E-state index is 13.3. The van der Waals surface area contributed by atoms with Gasteiger partial charge in [0, 0.05) is 52.7 Å². The van der Waals surface area contributed by atoms with Crippen molar-refractivity contribution in [3.8, 4) is 21.8 Å². The number of rotatable bonds is 5. The Morgan fingerprint density at radius 3 is 2.45 bits per heavy atom. The maximum atomic E-state index is 13.3. The highest BCUT2D eigenvalue weighted by molar-refractivity contribution is 7.91. The predicted octanol–water partition coefficient (Wildman–Crippen LogP) is 3.19. The van der Waals surface area contributed by atoms with Crippen LogP contribution < -0.4 is 5.73 Å². The Bertz CT molecular complexity index is 1950. The van der Waals surface area contributed by atoms with Gasteiger partial charge in [0.15, 0.2) is 15.5 Å². The average molecular weight is 605 g/mol. The smallest absolute Gasteiger partial charge is 0.294 e. The number of hydrogen-bond donors (Lipinski definition) is 2. The Morgan fingerprint density at radius 2 is 1.86 bits per heavy atom. The van der Waals surface area contributed by atoms with Crippen LogP contribution in [-0.4, -0.2) is 77.3 Å². The number of carbonyl (C=O) groups excluding carboxylic acids is 1. The molecule has 2 aliphatic heterocycles. The summed E-state index contributed by atoms with van der Waals surface area (Å²) in [5.74, 6) is 0.323. The molecule has 2 bridgehead atoms. The molecule has 2 atom stereocenters. The molecule has 13 nitrogen and oxygen atoms in total. The third kappa shape index (κ3) is 4.34. The number of anilines is 1. The second-order valence-corrected chi connectivity index (χ2v) is 13.8. The molecule has 3 N–H and O–H groups in total. The fourth-order valence-corrected chi connectivity index (χ4v) is 8.15. The van der Waals surface area contributed by atoms with E-state index in [2.05, 4.69) is 30.2 Å². The Morgan fingerprint density at radius 1 is 1.10 bits per heavy atom. The van der Waals surface area contributed by atoms with Crippen LogP contribution >= 0.6 is 11.3 Å². The first kappa shape index (κ1) is 26.6. The largest absolute Gasteiger partial charge is 0.382 e. The van der Waals surface area contributed by atoms with Gasteiger partial charge in [-0.1, -0.05) is 6.07 Å². The standard InChI is InChI=1S/C27H28N10O3S2/c1-13-12-41-26(31-13)20-7-4-15(10-29-20)19-11-30-37-23(28)22(42(3,39)40)21(33-25(19)37)16-8-17-5-6-18(9-16)36(17)27(38)24-32-14(2)34-35-24/h4,7,10-12,16-18H,5-6,8-9,28H2,1-3H3,(H,32,34,35). The number of pyridine rings is 1. The summed E-state index contributed by atoms with van der Waals surface area (Å²) in [5, 5.41) is 14.0. The molecule has 15 heteroatoms. The Balaban J connectivity index is 1.27. The highest BCUT2D eigenvalue weighted by atomic mass is 32.2. The van der Waals surface area contributed by atoms with Gasteiger partial charge in [-0.15, -0.1) is 16.4 Å². The normalized spacial score (nSPS) is 20.5. The van der Waals surface area contributed by atoms with Gasteiger partial charge in [0.1, 0.15) is 21.5 Å². The van der Waals surface area contributed by atoms with E-state index in [-0.39, 0.29) is 40.4 Å². The second kappa shape index (κ2) is 9.66. The number of hydrogen-bond acceptors (Lipinski definition) is 11. The van der Waals surface area contributed by atoms with E-state index in [0.29, 0.717) is 35.6 Å². The first-order valence-electron chi connectivity index (χ1n) is 13.6. The summed E-state index contributed by atoms with van der Waals surface area (Å²) >= 11 is 1.53. The number of nitrogens with zero attached hydrogens (tertiary/aromatic N) is 8. The number of sulfone groups is 1. The number of carbonyl (C=O) groups is 1. The number of aromatic amines is 1. The van der Waals surface area contributed by atoms with E-state index in [1.807, 2.05) is 29.3 Å². The SMILES string of the molecule is Cc1csc(-c2ccc(-c3cnn4c(N)c(S(C)(=O)=O)c(C5CC6CCC(C5)N6C(=O)c5n[nH]c(C)n5)nc34)cn2)n1. The lowest BCUT2D eigenvalue weighted by Crippen LogP contribution is -2.46. The van der Waals surface area contributed by atoms with E-state index in [4.69, 9.17) is 10.7 Å². The summed E-state index contributed by atoms with van der Waals surface area (Å²) in [6.45, 7) is 3.69. The minimum atomic E-state index is -3.75. The van der Waals surface area contributed by atoms with Gasteiger partial charge in [-0.25, -0.2) is 23.4 Å². The van der Waals surface area contributed by atoms with Crippen LogP contribution in [0.25, 0.3) is 27.5 Å². The molecule has 2 aliphatic rings. The zero-order chi connectivity index (χ0) is 29.3. The van der Waals surface area contributed by atoms with Crippen LogP contribution in [0.15, 0.2) is 34.8 Å². The Labute approximate surface area is 245 Å². The minimum absolute atomic E-state index is 0.00830. The van der Waals surface area contributed by atoms with Gasteiger partial charge in [-0.05, 0) is 45.6 Å². The van der Waals surface area contributed by atoms with Gasteiger partial charge in [-0.3, -0.25) is 14.9 Å². The summed E-state index contributed by atoms with van der Waals surface area (Å²) in [5.41, 5.74) is 10.6. The van der Waals surface area contributed by atoms with Gasteiger partial charge in [0.2, 0.25) is 5.82 Å². The number of piperidine rings is 1. The molecule has 1 amide bonds. The van der Waals surface area contributed by atoms with Crippen molar-refractivity contribution in [3.63, 3.8) is 0 Å². The Hall–Kier alpha value is -4.24. The molecule has 2 saturated heterocycles. The molecule has 0 spiro atoms. The molecule has 5 aromatic heterocycles. The number of nitrogen functional groups attached to an aromatic ring is 1. The molecule has 5 aromatic rings. The molecule has 2 unspecified atom stereocenters. The fraction of sp³-hybridized carbons (Fsp3) is 0.370. The van der Waals surface area contributed by atoms with Crippen molar-refractivity contribution >= 4 is 38.5 Å². The minimum Gasteiger partial charge on any atom is -0.382 e. The van der Waals surface area contributed by atoms with E-state index in [1.54, 1.807) is 19.3 Å². The first-order chi connectivity index (χ1) is 20.1. The van der Waals surface area contributed by atoms with Crippen molar-refractivity contribution in [2.24, 2.45) is 0 Å². The monoisotopic (exact) mass is 604 g/mol. The average Bonchev–Trinajstić information content (AvgIpc) is 3.74. The molecule has 2 fully saturated rings. The second-order valence-electron chi connectivity index (χ2n) is 11.0. The van der Waals surface area contributed by atoms with E-state index >= 15 is 0 Å². The third-order valence-corrected chi connectivity index (χ3v) is 10.2. The van der Waals surface area contributed by atoms with E-state index in [9.17, 15) is 13.2 Å². The molecule has 7 rings (SSSR count). The number of fused-ring (bicyclic) bond motifs is 3. The third-order valence-electron chi connectivity index (χ3n) is 8.09. The number of nitrogens with one attached hydrogen (secondary N) is 1.